The Morgan fingerprint density at radius 1 is 1.27 bits per heavy atom. The molecule has 7 nitrogen and oxygen atoms in total. The number of rotatable bonds is 6. The second kappa shape index (κ2) is 8.88. The van der Waals surface area contributed by atoms with E-state index >= 15 is 0 Å². The highest BCUT2D eigenvalue weighted by atomic mass is 35.5. The summed E-state index contributed by atoms with van der Waals surface area (Å²) in [5, 5.41) is 3.39. The number of morpholine rings is 1. The fourth-order valence-corrected chi connectivity index (χ4v) is 4.02. The molecule has 0 spiro atoms. The summed E-state index contributed by atoms with van der Waals surface area (Å²) in [5.41, 5.74) is 0.231. The molecule has 0 bridgehead atoms. The lowest BCUT2D eigenvalue weighted by molar-refractivity contribution is -0.125. The maximum absolute atomic E-state index is 12.2. The van der Waals surface area contributed by atoms with Crippen molar-refractivity contribution < 1.29 is 19.1 Å². The summed E-state index contributed by atoms with van der Waals surface area (Å²) < 4.78 is 10.5. The molecular weight excluding hydrogens is 358 g/mol. The monoisotopic (exact) mass is 383 g/mol. The van der Waals surface area contributed by atoms with E-state index in [9.17, 15) is 9.59 Å². The van der Waals surface area contributed by atoms with Crippen molar-refractivity contribution in [2.75, 3.05) is 39.5 Å². The zero-order valence-electron chi connectivity index (χ0n) is 14.9. The number of esters is 1. The largest absolute Gasteiger partial charge is 0.451 e. The smallest absolute Gasteiger partial charge is 0.355 e. The van der Waals surface area contributed by atoms with Crippen molar-refractivity contribution in [2.45, 2.75) is 37.6 Å². The maximum atomic E-state index is 12.2. The molecule has 2 N–H and O–H groups in total. The van der Waals surface area contributed by atoms with Gasteiger partial charge in [0.1, 0.15) is 5.69 Å². The average Bonchev–Trinajstić information content (AvgIpc) is 3.12. The lowest BCUT2D eigenvalue weighted by Gasteiger charge is -2.48. The molecule has 0 aromatic carbocycles. The Balaban J connectivity index is 1.50. The van der Waals surface area contributed by atoms with E-state index in [0.29, 0.717) is 11.6 Å². The van der Waals surface area contributed by atoms with Crippen LogP contribution in [0.3, 0.4) is 0 Å². The lowest BCUT2D eigenvalue weighted by atomic mass is 9.79. The summed E-state index contributed by atoms with van der Waals surface area (Å²) in [6.45, 7) is 3.57. The van der Waals surface area contributed by atoms with Crippen LogP contribution in [0.15, 0.2) is 12.3 Å². The average molecular weight is 384 g/mol. The Morgan fingerprint density at radius 2 is 2.00 bits per heavy atom. The predicted octanol–water partition coefficient (Wildman–Crippen LogP) is 1.98. The standard InChI is InChI=1S/C18H26ClN3O4/c19-14-10-15(20-11-14)17(24)26-12-16(23)21-13-18(4-2-1-3-5-18)22-6-8-25-9-7-22/h10-11,20H,1-9,12-13H2,(H,21,23). The van der Waals surface area contributed by atoms with Crippen LogP contribution in [-0.4, -0.2) is 66.8 Å². The SMILES string of the molecule is O=C(COC(=O)c1cc(Cl)c[nH]1)NCC1(N2CCOCC2)CCCCC1. The van der Waals surface area contributed by atoms with Gasteiger partial charge in [0.25, 0.3) is 5.91 Å². The number of amides is 1. The highest BCUT2D eigenvalue weighted by Crippen LogP contribution is 2.33. The summed E-state index contributed by atoms with van der Waals surface area (Å²) in [6.07, 6.45) is 7.25. The summed E-state index contributed by atoms with van der Waals surface area (Å²) in [5.74, 6) is -0.873. The topological polar surface area (TPSA) is 83.7 Å². The quantitative estimate of drug-likeness (QED) is 0.734. The van der Waals surface area contributed by atoms with Crippen LogP contribution in [0.1, 0.15) is 42.6 Å². The third-order valence-electron chi connectivity index (χ3n) is 5.28. The zero-order chi connectivity index (χ0) is 18.4. The van der Waals surface area contributed by atoms with Crippen molar-refractivity contribution in [1.29, 1.82) is 0 Å². The van der Waals surface area contributed by atoms with Crippen LogP contribution in [0.5, 0.6) is 0 Å². The number of aromatic amines is 1. The van der Waals surface area contributed by atoms with Gasteiger partial charge in [0, 0.05) is 31.4 Å². The highest BCUT2D eigenvalue weighted by molar-refractivity contribution is 6.30. The number of aromatic nitrogens is 1. The molecule has 0 radical (unpaired) electrons. The van der Waals surface area contributed by atoms with Crippen molar-refractivity contribution in [2.24, 2.45) is 0 Å². The number of hydrogen-bond acceptors (Lipinski definition) is 5. The third kappa shape index (κ3) is 4.78. The Morgan fingerprint density at radius 3 is 2.65 bits per heavy atom. The van der Waals surface area contributed by atoms with Gasteiger partial charge in [-0.05, 0) is 18.9 Å². The van der Waals surface area contributed by atoms with Gasteiger partial charge in [-0.1, -0.05) is 30.9 Å². The van der Waals surface area contributed by atoms with Gasteiger partial charge < -0.3 is 19.8 Å². The van der Waals surface area contributed by atoms with E-state index in [0.717, 1.165) is 39.1 Å². The van der Waals surface area contributed by atoms with Gasteiger partial charge in [0.05, 0.1) is 18.2 Å². The fourth-order valence-electron chi connectivity index (χ4n) is 3.86. The Hall–Kier alpha value is -1.57. The van der Waals surface area contributed by atoms with Crippen LogP contribution < -0.4 is 5.32 Å². The van der Waals surface area contributed by atoms with Crippen LogP contribution in [-0.2, 0) is 14.3 Å². The fraction of sp³-hybridized carbons (Fsp3) is 0.667. The molecule has 1 saturated heterocycles. The first-order valence-electron chi connectivity index (χ1n) is 9.20. The van der Waals surface area contributed by atoms with Gasteiger partial charge in [0.15, 0.2) is 6.61 Å². The van der Waals surface area contributed by atoms with Gasteiger partial charge in [-0.25, -0.2) is 4.79 Å². The molecule has 1 amide bonds. The molecule has 144 valence electrons. The minimum Gasteiger partial charge on any atom is -0.451 e. The maximum Gasteiger partial charge on any atom is 0.355 e. The molecule has 1 aliphatic heterocycles. The first kappa shape index (κ1) is 19.2. The molecule has 2 heterocycles. The van der Waals surface area contributed by atoms with Crippen LogP contribution in [0.2, 0.25) is 5.02 Å². The molecule has 2 fully saturated rings. The van der Waals surface area contributed by atoms with Crippen molar-refractivity contribution in [3.8, 4) is 0 Å². The molecule has 1 aromatic rings. The molecule has 8 heteroatoms. The van der Waals surface area contributed by atoms with Crippen LogP contribution in [0, 0.1) is 0 Å². The number of nitrogens with one attached hydrogen (secondary N) is 2. The number of nitrogens with zero attached hydrogens (tertiary/aromatic N) is 1. The van der Waals surface area contributed by atoms with Crippen molar-refractivity contribution >= 4 is 23.5 Å². The zero-order valence-corrected chi connectivity index (χ0v) is 15.6. The van der Waals surface area contributed by atoms with E-state index in [-0.39, 0.29) is 23.7 Å². The van der Waals surface area contributed by atoms with E-state index in [1.54, 1.807) is 0 Å². The predicted molar refractivity (Wildman–Crippen MR) is 97.3 cm³/mol. The number of carbonyl (C=O) groups excluding carboxylic acids is 2. The molecule has 26 heavy (non-hydrogen) atoms. The first-order valence-corrected chi connectivity index (χ1v) is 9.57. The van der Waals surface area contributed by atoms with Crippen molar-refractivity contribution in [3.63, 3.8) is 0 Å². The van der Waals surface area contributed by atoms with Crippen molar-refractivity contribution in [3.05, 3.63) is 23.0 Å². The molecular formula is C18H26ClN3O4. The number of ether oxygens (including phenoxy) is 2. The molecule has 0 atom stereocenters. The Kier molecular flexibility index (Phi) is 6.56. The minimum atomic E-state index is -0.590. The second-order valence-electron chi connectivity index (χ2n) is 6.97. The minimum absolute atomic E-state index is 0.00528. The van der Waals surface area contributed by atoms with Gasteiger partial charge in [-0.2, -0.15) is 0 Å². The molecule has 3 rings (SSSR count). The molecule has 2 aliphatic rings. The van der Waals surface area contributed by atoms with Crippen LogP contribution in [0.4, 0.5) is 0 Å². The van der Waals surface area contributed by atoms with Gasteiger partial charge in [-0.15, -0.1) is 0 Å². The van der Waals surface area contributed by atoms with Crippen LogP contribution in [0.25, 0.3) is 0 Å². The summed E-state index contributed by atoms with van der Waals surface area (Å²) in [6, 6.07) is 1.47. The first-order chi connectivity index (χ1) is 12.6. The number of halogens is 1. The molecule has 0 unspecified atom stereocenters. The molecule has 1 aromatic heterocycles. The van der Waals surface area contributed by atoms with Gasteiger partial charge >= 0.3 is 5.97 Å². The van der Waals surface area contributed by atoms with E-state index in [2.05, 4.69) is 15.2 Å². The highest BCUT2D eigenvalue weighted by Gasteiger charge is 2.38. The normalized spacial score (nSPS) is 20.5. The summed E-state index contributed by atoms with van der Waals surface area (Å²) in [7, 11) is 0. The third-order valence-corrected chi connectivity index (χ3v) is 5.50. The Bertz CT molecular complexity index is 622. The second-order valence-corrected chi connectivity index (χ2v) is 7.41. The molecule has 1 aliphatic carbocycles. The van der Waals surface area contributed by atoms with Gasteiger partial charge in [0.2, 0.25) is 0 Å². The lowest BCUT2D eigenvalue weighted by Crippen LogP contribution is -2.59. The summed E-state index contributed by atoms with van der Waals surface area (Å²) in [4.78, 5) is 29.2. The number of carbonyl (C=O) groups is 2. The molecule has 1 saturated carbocycles. The Labute approximate surface area is 158 Å². The van der Waals surface area contributed by atoms with Gasteiger partial charge in [-0.3, -0.25) is 9.69 Å². The van der Waals surface area contributed by atoms with Crippen LogP contribution >= 0.6 is 11.6 Å². The number of H-pyrrole nitrogens is 1. The van der Waals surface area contributed by atoms with E-state index in [1.165, 1.54) is 31.5 Å². The number of hydrogen-bond donors (Lipinski definition) is 2. The van der Waals surface area contributed by atoms with Crippen molar-refractivity contribution in [1.82, 2.24) is 15.2 Å². The van der Waals surface area contributed by atoms with E-state index in [4.69, 9.17) is 21.1 Å². The van der Waals surface area contributed by atoms with E-state index < -0.39 is 5.97 Å². The summed E-state index contributed by atoms with van der Waals surface area (Å²) >= 11 is 5.76. The van der Waals surface area contributed by atoms with E-state index in [1.807, 2.05) is 0 Å².